The molecule has 1 aromatic rings. The SMILES string of the molecule is Cc1ccc(CN)cc1S(=O)(=O)NCC(C)C1CC1. The molecule has 19 heavy (non-hydrogen) atoms. The molecule has 106 valence electrons. The third-order valence-corrected chi connectivity index (χ3v) is 5.37. The van der Waals surface area contributed by atoms with Crippen LogP contribution < -0.4 is 10.5 Å². The number of benzene rings is 1. The molecule has 0 radical (unpaired) electrons. The fourth-order valence-electron chi connectivity index (χ4n) is 2.21. The van der Waals surface area contributed by atoms with E-state index in [4.69, 9.17) is 5.73 Å². The number of nitrogens with one attached hydrogen (secondary N) is 1. The summed E-state index contributed by atoms with van der Waals surface area (Å²) < 4.78 is 27.4. The molecule has 1 saturated carbocycles. The maximum atomic E-state index is 12.3. The van der Waals surface area contributed by atoms with Crippen LogP contribution in [0.5, 0.6) is 0 Å². The Bertz CT molecular complexity index is 551. The van der Waals surface area contributed by atoms with Crippen molar-refractivity contribution in [2.75, 3.05) is 6.54 Å². The topological polar surface area (TPSA) is 72.2 Å². The van der Waals surface area contributed by atoms with E-state index in [9.17, 15) is 8.42 Å². The maximum absolute atomic E-state index is 12.3. The molecule has 0 amide bonds. The summed E-state index contributed by atoms with van der Waals surface area (Å²) in [7, 11) is -3.43. The Hall–Kier alpha value is -0.910. The molecule has 2 rings (SSSR count). The molecule has 1 unspecified atom stereocenters. The average Bonchev–Trinajstić information content (AvgIpc) is 3.20. The van der Waals surface area contributed by atoms with Crippen LogP contribution in [0.25, 0.3) is 0 Å². The van der Waals surface area contributed by atoms with E-state index >= 15 is 0 Å². The Kier molecular flexibility index (Phi) is 4.28. The molecule has 1 aliphatic rings. The number of hydrogen-bond acceptors (Lipinski definition) is 3. The molecule has 0 spiro atoms. The van der Waals surface area contributed by atoms with Crippen molar-refractivity contribution in [3.63, 3.8) is 0 Å². The van der Waals surface area contributed by atoms with Crippen LogP contribution in [0.1, 0.15) is 30.9 Å². The molecule has 5 heteroatoms. The largest absolute Gasteiger partial charge is 0.326 e. The quantitative estimate of drug-likeness (QED) is 0.835. The van der Waals surface area contributed by atoms with Gasteiger partial charge in [-0.2, -0.15) is 0 Å². The maximum Gasteiger partial charge on any atom is 0.240 e. The third-order valence-electron chi connectivity index (χ3n) is 3.80. The molecule has 1 aliphatic carbocycles. The highest BCUT2D eigenvalue weighted by molar-refractivity contribution is 7.89. The van der Waals surface area contributed by atoms with Crippen molar-refractivity contribution in [3.05, 3.63) is 29.3 Å². The van der Waals surface area contributed by atoms with Crippen molar-refractivity contribution in [1.82, 2.24) is 4.72 Å². The Morgan fingerprint density at radius 1 is 1.42 bits per heavy atom. The van der Waals surface area contributed by atoms with Gasteiger partial charge in [-0.25, -0.2) is 13.1 Å². The van der Waals surface area contributed by atoms with E-state index in [1.54, 1.807) is 19.1 Å². The molecule has 0 aromatic heterocycles. The molecule has 0 bridgehead atoms. The summed E-state index contributed by atoms with van der Waals surface area (Å²) in [6, 6.07) is 5.34. The van der Waals surface area contributed by atoms with Gasteiger partial charge in [-0.1, -0.05) is 19.1 Å². The van der Waals surface area contributed by atoms with Gasteiger partial charge < -0.3 is 5.73 Å². The number of hydrogen-bond donors (Lipinski definition) is 2. The highest BCUT2D eigenvalue weighted by atomic mass is 32.2. The zero-order chi connectivity index (χ0) is 14.0. The second-order valence-corrected chi connectivity index (χ2v) is 7.21. The van der Waals surface area contributed by atoms with E-state index in [1.807, 2.05) is 6.07 Å². The van der Waals surface area contributed by atoms with Crippen molar-refractivity contribution >= 4 is 10.0 Å². The molecule has 3 N–H and O–H groups in total. The first kappa shape index (κ1) is 14.5. The van der Waals surface area contributed by atoms with E-state index < -0.39 is 10.0 Å². The molecule has 1 fully saturated rings. The second kappa shape index (κ2) is 5.61. The summed E-state index contributed by atoms with van der Waals surface area (Å²) in [5.74, 6) is 1.10. The zero-order valence-electron chi connectivity index (χ0n) is 11.5. The van der Waals surface area contributed by atoms with Crippen molar-refractivity contribution in [3.8, 4) is 0 Å². The molecule has 1 atom stereocenters. The van der Waals surface area contributed by atoms with Crippen LogP contribution in [0.2, 0.25) is 0 Å². The van der Waals surface area contributed by atoms with Gasteiger partial charge in [-0.05, 0) is 48.8 Å². The first-order valence-corrected chi connectivity index (χ1v) is 8.21. The predicted molar refractivity (Wildman–Crippen MR) is 76.1 cm³/mol. The highest BCUT2D eigenvalue weighted by Gasteiger charge is 2.29. The minimum Gasteiger partial charge on any atom is -0.326 e. The van der Waals surface area contributed by atoms with Crippen LogP contribution in [0, 0.1) is 18.8 Å². The third kappa shape index (κ3) is 3.55. The van der Waals surface area contributed by atoms with Crippen LogP contribution in [-0.4, -0.2) is 15.0 Å². The lowest BCUT2D eigenvalue weighted by atomic mass is 10.1. The zero-order valence-corrected chi connectivity index (χ0v) is 12.3. The van der Waals surface area contributed by atoms with Gasteiger partial charge in [-0.3, -0.25) is 0 Å². The summed E-state index contributed by atoms with van der Waals surface area (Å²) in [5, 5.41) is 0. The second-order valence-electron chi connectivity index (χ2n) is 5.47. The van der Waals surface area contributed by atoms with E-state index in [0.717, 1.165) is 11.1 Å². The summed E-state index contributed by atoms with van der Waals surface area (Å²) >= 11 is 0. The molecule has 0 saturated heterocycles. The molecule has 1 aromatic carbocycles. The van der Waals surface area contributed by atoms with Gasteiger partial charge >= 0.3 is 0 Å². The first-order valence-electron chi connectivity index (χ1n) is 6.73. The number of rotatable bonds is 6. The molecule has 0 heterocycles. The van der Waals surface area contributed by atoms with Crippen molar-refractivity contribution in [2.24, 2.45) is 17.6 Å². The van der Waals surface area contributed by atoms with Gasteiger partial charge in [0.1, 0.15) is 0 Å². The summed E-state index contributed by atoms with van der Waals surface area (Å²) in [6.07, 6.45) is 2.45. The Morgan fingerprint density at radius 2 is 2.11 bits per heavy atom. The monoisotopic (exact) mass is 282 g/mol. The normalized spacial score (nSPS) is 17.4. The van der Waals surface area contributed by atoms with Crippen LogP contribution in [0.4, 0.5) is 0 Å². The van der Waals surface area contributed by atoms with E-state index in [2.05, 4.69) is 11.6 Å². The molecular formula is C14H22N2O2S. The van der Waals surface area contributed by atoms with Crippen LogP contribution in [-0.2, 0) is 16.6 Å². The smallest absolute Gasteiger partial charge is 0.240 e. The lowest BCUT2D eigenvalue weighted by Crippen LogP contribution is -2.29. The number of sulfonamides is 1. The van der Waals surface area contributed by atoms with Crippen LogP contribution in [0.15, 0.2) is 23.1 Å². The van der Waals surface area contributed by atoms with E-state index in [0.29, 0.717) is 29.8 Å². The number of nitrogens with two attached hydrogens (primary N) is 1. The fraction of sp³-hybridized carbons (Fsp3) is 0.571. The van der Waals surface area contributed by atoms with Gasteiger partial charge in [0.05, 0.1) is 4.90 Å². The minimum atomic E-state index is -3.43. The molecule has 4 nitrogen and oxygen atoms in total. The first-order chi connectivity index (χ1) is 8.94. The average molecular weight is 282 g/mol. The fourth-order valence-corrected chi connectivity index (χ4v) is 3.65. The Morgan fingerprint density at radius 3 is 2.68 bits per heavy atom. The molecule has 0 aliphatic heterocycles. The predicted octanol–water partition coefficient (Wildman–Crippen LogP) is 1.78. The number of aryl methyl sites for hydroxylation is 1. The standard InChI is InChI=1S/C14H22N2O2S/c1-10-3-4-12(8-15)7-14(10)19(17,18)16-9-11(2)13-5-6-13/h3-4,7,11,13,16H,5-6,8-9,15H2,1-2H3. The summed E-state index contributed by atoms with van der Waals surface area (Å²) in [6.45, 7) is 4.77. The van der Waals surface area contributed by atoms with Crippen molar-refractivity contribution in [1.29, 1.82) is 0 Å². The van der Waals surface area contributed by atoms with Gasteiger partial charge in [0.25, 0.3) is 0 Å². The van der Waals surface area contributed by atoms with Gasteiger partial charge in [-0.15, -0.1) is 0 Å². The lowest BCUT2D eigenvalue weighted by molar-refractivity contribution is 0.491. The van der Waals surface area contributed by atoms with Crippen LogP contribution >= 0.6 is 0 Å². The van der Waals surface area contributed by atoms with Crippen LogP contribution in [0.3, 0.4) is 0 Å². The highest BCUT2D eigenvalue weighted by Crippen LogP contribution is 2.36. The van der Waals surface area contributed by atoms with E-state index in [-0.39, 0.29) is 0 Å². The molecular weight excluding hydrogens is 260 g/mol. The van der Waals surface area contributed by atoms with Gasteiger partial charge in [0, 0.05) is 13.1 Å². The Balaban J connectivity index is 2.13. The van der Waals surface area contributed by atoms with E-state index in [1.165, 1.54) is 12.8 Å². The van der Waals surface area contributed by atoms with Crippen molar-refractivity contribution < 1.29 is 8.42 Å². The minimum absolute atomic E-state index is 0.346. The summed E-state index contributed by atoms with van der Waals surface area (Å²) in [4.78, 5) is 0.346. The Labute approximate surface area is 115 Å². The van der Waals surface area contributed by atoms with Crippen molar-refractivity contribution in [2.45, 2.75) is 38.1 Å². The van der Waals surface area contributed by atoms with Gasteiger partial charge in [0.15, 0.2) is 0 Å². The lowest BCUT2D eigenvalue weighted by Gasteiger charge is -2.14. The van der Waals surface area contributed by atoms with Gasteiger partial charge in [0.2, 0.25) is 10.0 Å². The summed E-state index contributed by atoms with van der Waals surface area (Å²) in [5.41, 5.74) is 7.15.